The predicted molar refractivity (Wildman–Crippen MR) is 135 cm³/mol. The van der Waals surface area contributed by atoms with Crippen molar-refractivity contribution in [2.45, 2.75) is 51.5 Å². The van der Waals surface area contributed by atoms with E-state index in [4.69, 9.17) is 16.1 Å². The molecule has 1 fully saturated rings. The number of likely N-dealkylation sites (tertiary alicyclic amines) is 1. The molecule has 0 aliphatic carbocycles. The Morgan fingerprint density at radius 3 is 2.57 bits per heavy atom. The van der Waals surface area contributed by atoms with Crippen molar-refractivity contribution in [3.63, 3.8) is 0 Å². The molecule has 184 valence electrons. The number of likely N-dealkylation sites (N-methyl/N-ethyl adjacent to an activating group) is 1. The van der Waals surface area contributed by atoms with Crippen LogP contribution in [0.4, 0.5) is 0 Å². The fourth-order valence-electron chi connectivity index (χ4n) is 4.30. The van der Waals surface area contributed by atoms with Crippen molar-refractivity contribution in [2.24, 2.45) is 0 Å². The summed E-state index contributed by atoms with van der Waals surface area (Å²) in [5.41, 5.74) is 2.48. The van der Waals surface area contributed by atoms with Crippen LogP contribution in [-0.2, 0) is 10.2 Å². The number of hydrogen-bond acceptors (Lipinski definition) is 5. The largest absolute Gasteiger partial charge is 0.337 e. The molecule has 0 N–H and O–H groups in total. The summed E-state index contributed by atoms with van der Waals surface area (Å²) in [6.45, 7) is 6.95. The first-order valence-corrected chi connectivity index (χ1v) is 12.3. The lowest BCUT2D eigenvalue weighted by Gasteiger charge is -2.34. The Morgan fingerprint density at radius 1 is 1.14 bits per heavy atom. The molecule has 8 heteroatoms. The van der Waals surface area contributed by atoms with Gasteiger partial charge in [0.1, 0.15) is 6.04 Å². The molecular formula is C27H31ClN4O3. The van der Waals surface area contributed by atoms with Crippen LogP contribution in [0.3, 0.4) is 0 Å². The monoisotopic (exact) mass is 494 g/mol. The van der Waals surface area contributed by atoms with Gasteiger partial charge in [0.15, 0.2) is 0 Å². The number of piperidine rings is 1. The highest BCUT2D eigenvalue weighted by molar-refractivity contribution is 6.30. The van der Waals surface area contributed by atoms with E-state index in [9.17, 15) is 9.59 Å². The minimum Gasteiger partial charge on any atom is -0.337 e. The van der Waals surface area contributed by atoms with E-state index in [-0.39, 0.29) is 29.8 Å². The zero-order valence-corrected chi connectivity index (χ0v) is 21.4. The molecule has 0 bridgehead atoms. The third-order valence-electron chi connectivity index (χ3n) is 6.35. The van der Waals surface area contributed by atoms with Crippen LogP contribution < -0.4 is 0 Å². The van der Waals surface area contributed by atoms with Crippen molar-refractivity contribution in [1.29, 1.82) is 0 Å². The number of nitrogens with zero attached hydrogens (tertiary/aromatic N) is 4. The third kappa shape index (κ3) is 5.73. The lowest BCUT2D eigenvalue weighted by atomic mass is 9.86. The Balaban J connectivity index is 1.45. The van der Waals surface area contributed by atoms with Crippen molar-refractivity contribution < 1.29 is 14.1 Å². The molecule has 2 heterocycles. The van der Waals surface area contributed by atoms with Gasteiger partial charge < -0.3 is 14.3 Å². The Kier molecular flexibility index (Phi) is 7.26. The van der Waals surface area contributed by atoms with E-state index in [1.54, 1.807) is 24.1 Å². The molecule has 4 rings (SSSR count). The van der Waals surface area contributed by atoms with Gasteiger partial charge in [-0.15, -0.1) is 0 Å². The molecule has 1 atom stereocenters. The maximum Gasteiger partial charge on any atom is 0.254 e. The van der Waals surface area contributed by atoms with Gasteiger partial charge in [-0.2, -0.15) is 4.98 Å². The fourth-order valence-corrected chi connectivity index (χ4v) is 4.49. The number of carbonyl (C=O) groups is 2. The molecule has 1 unspecified atom stereocenters. The summed E-state index contributed by atoms with van der Waals surface area (Å²) in [4.78, 5) is 34.0. The predicted octanol–water partition coefficient (Wildman–Crippen LogP) is 5.51. The molecule has 1 saturated heterocycles. The lowest BCUT2D eigenvalue weighted by molar-refractivity contribution is -0.136. The molecule has 0 saturated carbocycles. The van der Waals surface area contributed by atoms with E-state index in [1.165, 1.54) is 4.90 Å². The van der Waals surface area contributed by atoms with Crippen LogP contribution in [0.25, 0.3) is 11.4 Å². The van der Waals surface area contributed by atoms with Gasteiger partial charge in [0.2, 0.25) is 17.6 Å². The van der Waals surface area contributed by atoms with Crippen molar-refractivity contribution in [1.82, 2.24) is 19.9 Å². The first-order valence-electron chi connectivity index (χ1n) is 11.9. The Bertz CT molecular complexity index is 1200. The Morgan fingerprint density at radius 2 is 1.89 bits per heavy atom. The minimum absolute atomic E-state index is 0.00804. The maximum absolute atomic E-state index is 13.3. The first kappa shape index (κ1) is 24.9. The normalized spacial score (nSPS) is 16.3. The summed E-state index contributed by atoms with van der Waals surface area (Å²) in [6.07, 6.45) is 2.58. The van der Waals surface area contributed by atoms with E-state index in [2.05, 4.69) is 30.9 Å². The zero-order chi connectivity index (χ0) is 25.2. The van der Waals surface area contributed by atoms with Gasteiger partial charge in [0.05, 0.1) is 6.54 Å². The van der Waals surface area contributed by atoms with Gasteiger partial charge in [0, 0.05) is 29.7 Å². The van der Waals surface area contributed by atoms with E-state index in [1.807, 2.05) is 36.4 Å². The summed E-state index contributed by atoms with van der Waals surface area (Å²) in [7, 11) is 1.65. The topological polar surface area (TPSA) is 79.5 Å². The number of amides is 2. The van der Waals surface area contributed by atoms with E-state index in [0.717, 1.165) is 30.4 Å². The van der Waals surface area contributed by atoms with Crippen LogP contribution in [0.5, 0.6) is 0 Å². The van der Waals surface area contributed by atoms with Crippen molar-refractivity contribution in [3.05, 3.63) is 70.6 Å². The van der Waals surface area contributed by atoms with Gasteiger partial charge in [-0.1, -0.05) is 61.8 Å². The highest BCUT2D eigenvalue weighted by Crippen LogP contribution is 2.32. The van der Waals surface area contributed by atoms with Gasteiger partial charge in [0.25, 0.3) is 5.91 Å². The fraction of sp³-hybridized carbons (Fsp3) is 0.407. The van der Waals surface area contributed by atoms with Crippen molar-refractivity contribution >= 4 is 23.4 Å². The molecule has 1 aromatic heterocycles. The van der Waals surface area contributed by atoms with E-state index in [0.29, 0.717) is 28.8 Å². The number of carbonyl (C=O) groups excluding carboxylic acids is 2. The second kappa shape index (κ2) is 10.2. The minimum atomic E-state index is -0.314. The number of rotatable bonds is 5. The second-order valence-corrected chi connectivity index (χ2v) is 10.5. The average molecular weight is 495 g/mol. The van der Waals surface area contributed by atoms with Crippen molar-refractivity contribution in [3.8, 4) is 11.4 Å². The molecule has 2 aromatic carbocycles. The summed E-state index contributed by atoms with van der Waals surface area (Å²) in [6, 6.07) is 14.5. The van der Waals surface area contributed by atoms with Gasteiger partial charge in [-0.25, -0.2) is 0 Å². The molecule has 7 nitrogen and oxygen atoms in total. The molecule has 3 aromatic rings. The number of aromatic nitrogens is 2. The highest BCUT2D eigenvalue weighted by atomic mass is 35.5. The molecule has 1 aliphatic heterocycles. The first-order chi connectivity index (χ1) is 16.6. The van der Waals surface area contributed by atoms with E-state index < -0.39 is 0 Å². The van der Waals surface area contributed by atoms with Crippen LogP contribution in [-0.4, -0.2) is 51.9 Å². The summed E-state index contributed by atoms with van der Waals surface area (Å²) in [5.74, 6) is 0.513. The summed E-state index contributed by atoms with van der Waals surface area (Å²) >= 11 is 6.09. The number of hydrogen-bond donors (Lipinski definition) is 0. The second-order valence-electron chi connectivity index (χ2n) is 10.1. The summed E-state index contributed by atoms with van der Waals surface area (Å²) < 4.78 is 5.56. The lowest BCUT2D eigenvalue weighted by Crippen LogP contribution is -2.45. The SMILES string of the molecule is CN(CC(=O)N1CCCCC1c1nc(-c2cccc(Cl)c2)no1)C(=O)c1ccc(C(C)(C)C)cc1. The molecular weight excluding hydrogens is 464 g/mol. The highest BCUT2D eigenvalue weighted by Gasteiger charge is 2.33. The van der Waals surface area contributed by atoms with Gasteiger partial charge in [-0.3, -0.25) is 9.59 Å². The van der Waals surface area contributed by atoms with Crippen LogP contribution in [0.15, 0.2) is 53.1 Å². The third-order valence-corrected chi connectivity index (χ3v) is 6.58. The van der Waals surface area contributed by atoms with Crippen LogP contribution in [0.2, 0.25) is 5.02 Å². The molecule has 1 aliphatic rings. The number of benzene rings is 2. The van der Waals surface area contributed by atoms with Crippen molar-refractivity contribution in [2.75, 3.05) is 20.1 Å². The van der Waals surface area contributed by atoms with Gasteiger partial charge in [-0.05, 0) is 54.5 Å². The van der Waals surface area contributed by atoms with Crippen LogP contribution >= 0.6 is 11.6 Å². The molecule has 2 amide bonds. The molecule has 0 radical (unpaired) electrons. The van der Waals surface area contributed by atoms with Crippen LogP contribution in [0, 0.1) is 0 Å². The average Bonchev–Trinajstić information content (AvgIpc) is 3.33. The quantitative estimate of drug-likeness (QED) is 0.467. The van der Waals surface area contributed by atoms with E-state index >= 15 is 0 Å². The van der Waals surface area contributed by atoms with Crippen LogP contribution in [0.1, 0.15) is 67.9 Å². The summed E-state index contributed by atoms with van der Waals surface area (Å²) in [5, 5.41) is 4.69. The van der Waals surface area contributed by atoms with Gasteiger partial charge >= 0.3 is 0 Å². The maximum atomic E-state index is 13.3. The smallest absolute Gasteiger partial charge is 0.254 e. The molecule has 0 spiro atoms. The Hall–Kier alpha value is -3.19. The zero-order valence-electron chi connectivity index (χ0n) is 20.6. The standard InChI is InChI=1S/C27H31ClN4O3/c1-27(2,3)20-13-11-18(12-14-20)26(34)31(4)17-23(33)32-15-6-5-10-22(32)25-29-24(30-35-25)19-8-7-9-21(28)16-19/h7-9,11-14,16,22H,5-6,10,15,17H2,1-4H3. The Labute approximate surface area is 211 Å². The molecule has 35 heavy (non-hydrogen) atoms. The number of halogens is 1.